The summed E-state index contributed by atoms with van der Waals surface area (Å²) in [6.45, 7) is 1.17. The van der Waals surface area contributed by atoms with E-state index in [1.807, 2.05) is 14.2 Å². The molecule has 0 radical (unpaired) electrons. The minimum absolute atomic E-state index is 0.554. The first kappa shape index (κ1) is 12.0. The number of rotatable bonds is 6. The molecule has 1 fully saturated rings. The summed E-state index contributed by atoms with van der Waals surface area (Å²) in [6.07, 6.45) is 10.0. The molecule has 2 unspecified atom stereocenters. The van der Waals surface area contributed by atoms with Crippen molar-refractivity contribution >= 4 is 0 Å². The maximum atomic E-state index is 5.44. The van der Waals surface area contributed by atoms with Crippen molar-refractivity contribution in [3.05, 3.63) is 0 Å². The molecule has 84 valence electrons. The number of ether oxygens (including phenoxy) is 1. The molecule has 0 aliphatic heterocycles. The van der Waals surface area contributed by atoms with Gasteiger partial charge in [-0.05, 0) is 38.8 Å². The SMILES string of the molecule is CNCCCCC1CCCC(OC)C1. The van der Waals surface area contributed by atoms with E-state index in [-0.39, 0.29) is 0 Å². The second kappa shape index (κ2) is 7.24. The van der Waals surface area contributed by atoms with Crippen LogP contribution in [0.25, 0.3) is 0 Å². The van der Waals surface area contributed by atoms with Crippen LogP contribution < -0.4 is 5.32 Å². The molecule has 1 aliphatic carbocycles. The molecule has 1 N–H and O–H groups in total. The Balaban J connectivity index is 2.05. The van der Waals surface area contributed by atoms with Gasteiger partial charge in [0.1, 0.15) is 0 Å². The fourth-order valence-electron chi connectivity index (χ4n) is 2.45. The Morgan fingerprint density at radius 1 is 1.29 bits per heavy atom. The molecule has 0 aromatic carbocycles. The lowest BCUT2D eigenvalue weighted by Gasteiger charge is -2.28. The van der Waals surface area contributed by atoms with Crippen molar-refractivity contribution < 1.29 is 4.74 Å². The summed E-state index contributed by atoms with van der Waals surface area (Å²) >= 11 is 0. The Morgan fingerprint density at radius 2 is 2.14 bits per heavy atom. The molecule has 1 saturated carbocycles. The van der Waals surface area contributed by atoms with Gasteiger partial charge in [-0.3, -0.25) is 0 Å². The normalized spacial score (nSPS) is 27.9. The van der Waals surface area contributed by atoms with Crippen LogP contribution in [0.15, 0.2) is 0 Å². The van der Waals surface area contributed by atoms with Crippen molar-refractivity contribution in [3.63, 3.8) is 0 Å². The molecule has 2 nitrogen and oxygen atoms in total. The maximum absolute atomic E-state index is 5.44. The first-order chi connectivity index (χ1) is 6.86. The van der Waals surface area contributed by atoms with Gasteiger partial charge in [0.05, 0.1) is 6.10 Å². The lowest BCUT2D eigenvalue weighted by atomic mass is 9.84. The van der Waals surface area contributed by atoms with E-state index in [1.54, 1.807) is 0 Å². The zero-order valence-electron chi connectivity index (χ0n) is 9.72. The molecule has 0 bridgehead atoms. The summed E-state index contributed by atoms with van der Waals surface area (Å²) in [6, 6.07) is 0. The Kier molecular flexibility index (Phi) is 6.20. The van der Waals surface area contributed by atoms with Gasteiger partial charge in [-0.15, -0.1) is 0 Å². The Hall–Kier alpha value is -0.0800. The van der Waals surface area contributed by atoms with Gasteiger partial charge in [0, 0.05) is 7.11 Å². The van der Waals surface area contributed by atoms with Gasteiger partial charge in [0.2, 0.25) is 0 Å². The van der Waals surface area contributed by atoms with Crippen LogP contribution in [-0.4, -0.2) is 26.8 Å². The summed E-state index contributed by atoms with van der Waals surface area (Å²) in [5.74, 6) is 0.936. The lowest BCUT2D eigenvalue weighted by Crippen LogP contribution is -2.21. The number of hydrogen-bond donors (Lipinski definition) is 1. The third-order valence-electron chi connectivity index (χ3n) is 3.36. The summed E-state index contributed by atoms with van der Waals surface area (Å²) in [5, 5.41) is 3.20. The van der Waals surface area contributed by atoms with Crippen LogP contribution in [0.5, 0.6) is 0 Å². The van der Waals surface area contributed by atoms with Crippen molar-refractivity contribution in [2.24, 2.45) is 5.92 Å². The van der Waals surface area contributed by atoms with E-state index in [0.29, 0.717) is 6.10 Å². The van der Waals surface area contributed by atoms with Gasteiger partial charge in [0.15, 0.2) is 0 Å². The number of hydrogen-bond acceptors (Lipinski definition) is 2. The molecule has 1 aliphatic rings. The summed E-state index contributed by atoms with van der Waals surface area (Å²) in [5.41, 5.74) is 0. The fraction of sp³-hybridized carbons (Fsp3) is 1.00. The number of unbranched alkanes of at least 4 members (excludes halogenated alkanes) is 1. The van der Waals surface area contributed by atoms with Gasteiger partial charge < -0.3 is 10.1 Å². The quantitative estimate of drug-likeness (QED) is 0.664. The van der Waals surface area contributed by atoms with Gasteiger partial charge in [-0.2, -0.15) is 0 Å². The third kappa shape index (κ3) is 4.43. The number of nitrogens with one attached hydrogen (secondary N) is 1. The highest BCUT2D eigenvalue weighted by molar-refractivity contribution is 4.73. The molecule has 14 heavy (non-hydrogen) atoms. The topological polar surface area (TPSA) is 21.3 Å². The molecule has 0 aromatic heterocycles. The first-order valence-corrected chi connectivity index (χ1v) is 6.04. The molecule has 0 heterocycles. The third-order valence-corrected chi connectivity index (χ3v) is 3.36. The Bertz CT molecular complexity index is 138. The molecule has 2 heteroatoms. The molecule has 0 amide bonds. The standard InChI is InChI=1S/C12H25NO/c1-13-9-4-3-6-11-7-5-8-12(10-11)14-2/h11-13H,3-10H2,1-2H3. The van der Waals surface area contributed by atoms with Gasteiger partial charge in [-0.1, -0.05) is 25.7 Å². The van der Waals surface area contributed by atoms with Crippen LogP contribution in [0.1, 0.15) is 44.9 Å². The minimum atomic E-state index is 0.554. The molecule has 0 saturated heterocycles. The monoisotopic (exact) mass is 199 g/mol. The van der Waals surface area contributed by atoms with Crippen molar-refractivity contribution in [2.75, 3.05) is 20.7 Å². The van der Waals surface area contributed by atoms with Crippen LogP contribution in [0.3, 0.4) is 0 Å². The van der Waals surface area contributed by atoms with E-state index in [0.717, 1.165) is 5.92 Å². The zero-order chi connectivity index (χ0) is 10.2. The number of methoxy groups -OCH3 is 1. The van der Waals surface area contributed by atoms with E-state index < -0.39 is 0 Å². The van der Waals surface area contributed by atoms with Crippen LogP contribution in [0.2, 0.25) is 0 Å². The van der Waals surface area contributed by atoms with E-state index in [9.17, 15) is 0 Å². The smallest absolute Gasteiger partial charge is 0.0574 e. The van der Waals surface area contributed by atoms with Crippen LogP contribution >= 0.6 is 0 Å². The van der Waals surface area contributed by atoms with Crippen LogP contribution in [0, 0.1) is 5.92 Å². The lowest BCUT2D eigenvalue weighted by molar-refractivity contribution is 0.0485. The van der Waals surface area contributed by atoms with Gasteiger partial charge >= 0.3 is 0 Å². The van der Waals surface area contributed by atoms with E-state index in [4.69, 9.17) is 4.74 Å². The second-order valence-electron chi connectivity index (χ2n) is 4.49. The predicted molar refractivity (Wildman–Crippen MR) is 60.5 cm³/mol. The highest BCUT2D eigenvalue weighted by Gasteiger charge is 2.20. The average molecular weight is 199 g/mol. The summed E-state index contributed by atoms with van der Waals surface area (Å²) < 4.78 is 5.44. The fourth-order valence-corrected chi connectivity index (χ4v) is 2.45. The van der Waals surface area contributed by atoms with E-state index in [2.05, 4.69) is 5.32 Å². The van der Waals surface area contributed by atoms with Crippen LogP contribution in [-0.2, 0) is 4.74 Å². The van der Waals surface area contributed by atoms with Gasteiger partial charge in [0.25, 0.3) is 0 Å². The zero-order valence-corrected chi connectivity index (χ0v) is 9.72. The highest BCUT2D eigenvalue weighted by atomic mass is 16.5. The Labute approximate surface area is 88.4 Å². The summed E-state index contributed by atoms with van der Waals surface area (Å²) in [7, 11) is 3.88. The highest BCUT2D eigenvalue weighted by Crippen LogP contribution is 2.29. The predicted octanol–water partition coefficient (Wildman–Crippen LogP) is 2.58. The van der Waals surface area contributed by atoms with Crippen LogP contribution in [0.4, 0.5) is 0 Å². The maximum Gasteiger partial charge on any atom is 0.0574 e. The largest absolute Gasteiger partial charge is 0.381 e. The molecular formula is C12H25NO. The minimum Gasteiger partial charge on any atom is -0.381 e. The van der Waals surface area contributed by atoms with Crippen molar-refractivity contribution in [2.45, 2.75) is 51.0 Å². The summed E-state index contributed by atoms with van der Waals surface area (Å²) in [4.78, 5) is 0. The molecule has 0 spiro atoms. The van der Waals surface area contributed by atoms with E-state index in [1.165, 1.54) is 51.5 Å². The average Bonchev–Trinajstić information content (AvgIpc) is 2.25. The molecule has 1 rings (SSSR count). The molecule has 0 aromatic rings. The second-order valence-corrected chi connectivity index (χ2v) is 4.49. The van der Waals surface area contributed by atoms with E-state index >= 15 is 0 Å². The van der Waals surface area contributed by atoms with Gasteiger partial charge in [-0.25, -0.2) is 0 Å². The molecule has 2 atom stereocenters. The Morgan fingerprint density at radius 3 is 2.86 bits per heavy atom. The molecular weight excluding hydrogens is 174 g/mol. The first-order valence-electron chi connectivity index (χ1n) is 6.04. The van der Waals surface area contributed by atoms with Crippen molar-refractivity contribution in [3.8, 4) is 0 Å². The van der Waals surface area contributed by atoms with Crippen molar-refractivity contribution in [1.29, 1.82) is 0 Å². The van der Waals surface area contributed by atoms with Crippen molar-refractivity contribution in [1.82, 2.24) is 5.32 Å².